The van der Waals surface area contributed by atoms with E-state index in [0.717, 1.165) is 18.4 Å². The van der Waals surface area contributed by atoms with Gasteiger partial charge >= 0.3 is 5.97 Å². The lowest BCUT2D eigenvalue weighted by Gasteiger charge is -2.34. The summed E-state index contributed by atoms with van der Waals surface area (Å²) >= 11 is 0. The Hall–Kier alpha value is -2.83. The monoisotopic (exact) mass is 372 g/mol. The molecule has 1 aromatic carbocycles. The number of amides is 2. The van der Waals surface area contributed by atoms with E-state index in [9.17, 15) is 14.4 Å². The minimum absolute atomic E-state index is 0.0106. The molecule has 2 aliphatic heterocycles. The van der Waals surface area contributed by atoms with Crippen molar-refractivity contribution in [3.63, 3.8) is 0 Å². The van der Waals surface area contributed by atoms with Crippen LogP contribution in [0.4, 0.5) is 0 Å². The van der Waals surface area contributed by atoms with Gasteiger partial charge in [0.15, 0.2) is 0 Å². The molecule has 7 nitrogen and oxygen atoms in total. The summed E-state index contributed by atoms with van der Waals surface area (Å²) in [6.45, 7) is 5.69. The average Bonchev–Trinajstić information content (AvgIpc) is 2.94. The first-order valence-electron chi connectivity index (χ1n) is 9.08. The third-order valence-corrected chi connectivity index (χ3v) is 5.04. The zero-order chi connectivity index (χ0) is 19.4. The van der Waals surface area contributed by atoms with Crippen molar-refractivity contribution >= 4 is 17.8 Å². The van der Waals surface area contributed by atoms with Gasteiger partial charge in [-0.2, -0.15) is 0 Å². The number of carbonyl (C=O) groups excluding carboxylic acids is 3. The van der Waals surface area contributed by atoms with Crippen LogP contribution in [0.15, 0.2) is 30.9 Å². The van der Waals surface area contributed by atoms with Gasteiger partial charge in [-0.25, -0.2) is 4.79 Å². The van der Waals surface area contributed by atoms with Crippen molar-refractivity contribution in [3.8, 4) is 5.75 Å². The van der Waals surface area contributed by atoms with Crippen molar-refractivity contribution in [2.45, 2.75) is 19.4 Å². The van der Waals surface area contributed by atoms with E-state index in [1.54, 1.807) is 21.9 Å². The fraction of sp³-hybridized carbons (Fsp3) is 0.450. The summed E-state index contributed by atoms with van der Waals surface area (Å²) in [5.74, 6) is -0.339. The Morgan fingerprint density at radius 3 is 2.81 bits per heavy atom. The van der Waals surface area contributed by atoms with Gasteiger partial charge < -0.3 is 19.3 Å². The number of carbonyl (C=O) groups is 3. The number of ether oxygens (including phenoxy) is 2. The van der Waals surface area contributed by atoms with Crippen LogP contribution >= 0.6 is 0 Å². The number of benzene rings is 1. The van der Waals surface area contributed by atoms with Gasteiger partial charge in [0.1, 0.15) is 17.9 Å². The highest BCUT2D eigenvalue weighted by Gasteiger charge is 2.32. The summed E-state index contributed by atoms with van der Waals surface area (Å²) in [4.78, 5) is 40.3. The molecule has 27 heavy (non-hydrogen) atoms. The van der Waals surface area contributed by atoms with Gasteiger partial charge in [-0.1, -0.05) is 18.7 Å². The van der Waals surface area contributed by atoms with E-state index < -0.39 is 5.97 Å². The molecule has 0 N–H and O–H groups in total. The van der Waals surface area contributed by atoms with E-state index in [-0.39, 0.29) is 17.7 Å². The summed E-state index contributed by atoms with van der Waals surface area (Å²) in [5, 5.41) is 0. The molecule has 0 spiro atoms. The van der Waals surface area contributed by atoms with Crippen LogP contribution < -0.4 is 4.74 Å². The lowest BCUT2D eigenvalue weighted by Crippen LogP contribution is -2.46. The van der Waals surface area contributed by atoms with E-state index in [1.807, 2.05) is 6.07 Å². The van der Waals surface area contributed by atoms with Gasteiger partial charge in [-0.3, -0.25) is 9.59 Å². The molecule has 0 aliphatic carbocycles. The second-order valence-corrected chi connectivity index (χ2v) is 6.72. The fourth-order valence-corrected chi connectivity index (χ4v) is 3.65. The van der Waals surface area contributed by atoms with Gasteiger partial charge in [0.25, 0.3) is 0 Å². The first-order chi connectivity index (χ1) is 13.0. The molecule has 2 amide bonds. The third-order valence-electron chi connectivity index (χ3n) is 5.04. The van der Waals surface area contributed by atoms with E-state index in [4.69, 9.17) is 9.47 Å². The Morgan fingerprint density at radius 1 is 1.26 bits per heavy atom. The van der Waals surface area contributed by atoms with Crippen LogP contribution in [-0.4, -0.2) is 60.9 Å². The molecule has 1 fully saturated rings. The van der Waals surface area contributed by atoms with Gasteiger partial charge in [-0.05, 0) is 25.0 Å². The normalized spacial score (nSPS) is 19.4. The Morgan fingerprint density at radius 2 is 2.07 bits per heavy atom. The third kappa shape index (κ3) is 3.97. The number of piperidine rings is 1. The highest BCUT2D eigenvalue weighted by molar-refractivity contribution is 5.93. The molecule has 1 unspecified atom stereocenters. The van der Waals surface area contributed by atoms with Crippen LogP contribution in [0.5, 0.6) is 5.75 Å². The molecule has 0 radical (unpaired) electrons. The highest BCUT2D eigenvalue weighted by Crippen LogP contribution is 2.29. The minimum Gasteiger partial charge on any atom is -0.490 e. The Labute approximate surface area is 158 Å². The van der Waals surface area contributed by atoms with Crippen molar-refractivity contribution in [2.24, 2.45) is 5.92 Å². The number of hydrogen-bond donors (Lipinski definition) is 0. The summed E-state index contributed by atoms with van der Waals surface area (Å²) in [6.07, 6.45) is 2.84. The van der Waals surface area contributed by atoms with Gasteiger partial charge in [-0.15, -0.1) is 0 Å². The van der Waals surface area contributed by atoms with Crippen LogP contribution in [0.2, 0.25) is 0 Å². The average molecular weight is 372 g/mol. The number of likely N-dealkylation sites (tertiary alicyclic amines) is 1. The lowest BCUT2D eigenvalue weighted by atomic mass is 9.96. The fourth-order valence-electron chi connectivity index (χ4n) is 3.65. The molecule has 2 aliphatic rings. The predicted octanol–water partition coefficient (Wildman–Crippen LogP) is 1.62. The van der Waals surface area contributed by atoms with Crippen LogP contribution in [-0.2, 0) is 20.9 Å². The standard InChI is InChI=1S/C20H24N2O5/c1-3-17(23)21-9-5-7-15(13-21)19(24)22-10-11-27-18-14(12-22)6-4-8-16(18)20(25)26-2/h3-4,6,8,15H,1,5,7,9-13H2,2H3. The van der Waals surface area contributed by atoms with Crippen molar-refractivity contribution in [3.05, 3.63) is 42.0 Å². The predicted molar refractivity (Wildman–Crippen MR) is 98.2 cm³/mol. The van der Waals surface area contributed by atoms with Crippen molar-refractivity contribution < 1.29 is 23.9 Å². The second-order valence-electron chi connectivity index (χ2n) is 6.72. The molecule has 1 atom stereocenters. The summed E-state index contributed by atoms with van der Waals surface area (Å²) < 4.78 is 10.6. The van der Waals surface area contributed by atoms with E-state index in [1.165, 1.54) is 13.2 Å². The zero-order valence-electron chi connectivity index (χ0n) is 15.5. The molecule has 2 heterocycles. The highest BCUT2D eigenvalue weighted by atomic mass is 16.5. The summed E-state index contributed by atoms with van der Waals surface area (Å²) in [6, 6.07) is 5.26. The minimum atomic E-state index is -0.461. The van der Waals surface area contributed by atoms with Crippen molar-refractivity contribution in [1.82, 2.24) is 9.80 Å². The number of nitrogens with zero attached hydrogens (tertiary/aromatic N) is 2. The van der Waals surface area contributed by atoms with Crippen LogP contribution in [0.1, 0.15) is 28.8 Å². The van der Waals surface area contributed by atoms with Crippen LogP contribution in [0, 0.1) is 5.92 Å². The van der Waals surface area contributed by atoms with Gasteiger partial charge in [0.05, 0.1) is 19.6 Å². The smallest absolute Gasteiger partial charge is 0.341 e. The molecule has 0 saturated carbocycles. The van der Waals surface area contributed by atoms with Crippen LogP contribution in [0.25, 0.3) is 0 Å². The first kappa shape index (κ1) is 18.9. The van der Waals surface area contributed by atoms with E-state index in [2.05, 4.69) is 6.58 Å². The number of esters is 1. The quantitative estimate of drug-likeness (QED) is 0.595. The molecular formula is C20H24N2O5. The Kier molecular flexibility index (Phi) is 5.78. The molecule has 144 valence electrons. The zero-order valence-corrected chi connectivity index (χ0v) is 15.5. The SMILES string of the molecule is C=CC(=O)N1CCCC(C(=O)N2CCOc3c(cccc3C(=O)OC)C2)C1. The number of hydrogen-bond acceptors (Lipinski definition) is 5. The molecule has 0 aromatic heterocycles. The number of rotatable bonds is 3. The molecule has 0 bridgehead atoms. The molecule has 7 heteroatoms. The Bertz CT molecular complexity index is 761. The van der Waals surface area contributed by atoms with Gasteiger partial charge in [0, 0.05) is 25.2 Å². The molecule has 3 rings (SSSR count). The van der Waals surface area contributed by atoms with E-state index in [0.29, 0.717) is 44.1 Å². The van der Waals surface area contributed by atoms with Gasteiger partial charge in [0.2, 0.25) is 11.8 Å². The molecule has 1 saturated heterocycles. The van der Waals surface area contributed by atoms with Crippen molar-refractivity contribution in [1.29, 1.82) is 0 Å². The van der Waals surface area contributed by atoms with Crippen molar-refractivity contribution in [2.75, 3.05) is 33.4 Å². The molecular weight excluding hydrogens is 348 g/mol. The summed E-state index contributed by atoms with van der Waals surface area (Å²) in [5.41, 5.74) is 1.14. The lowest BCUT2D eigenvalue weighted by molar-refractivity contribution is -0.140. The largest absolute Gasteiger partial charge is 0.490 e. The first-order valence-corrected chi connectivity index (χ1v) is 9.08. The maximum absolute atomic E-state index is 13.1. The topological polar surface area (TPSA) is 76.2 Å². The maximum atomic E-state index is 13.1. The number of methoxy groups -OCH3 is 1. The second kappa shape index (κ2) is 8.24. The number of para-hydroxylation sites is 1. The van der Waals surface area contributed by atoms with E-state index >= 15 is 0 Å². The molecule has 1 aromatic rings. The maximum Gasteiger partial charge on any atom is 0.341 e. The summed E-state index contributed by atoms with van der Waals surface area (Å²) in [7, 11) is 1.33. The Balaban J connectivity index is 1.77. The van der Waals surface area contributed by atoms with Crippen LogP contribution in [0.3, 0.4) is 0 Å². The number of fused-ring (bicyclic) bond motifs is 1.